The molecular formula is C19H24Cl2N4O. The molecule has 1 aromatic heterocycles. The number of carbonyl (C=O) groups is 1. The number of halogens is 2. The summed E-state index contributed by atoms with van der Waals surface area (Å²) in [4.78, 5) is 16.7. The standard InChI is InChI=1S/C19H24Cl2N4O/c1-19(6-8-23(2)12-15-4-3-5-16(20)10-15)7-9-24(14-19)18(26)25-13-17(21)11-22-25/h3-5,10-11,13H,6-9,12,14H2,1-2H3. The predicted molar refractivity (Wildman–Crippen MR) is 105 cm³/mol. The first-order valence-corrected chi connectivity index (χ1v) is 9.53. The second-order valence-corrected chi connectivity index (χ2v) is 8.36. The Hall–Kier alpha value is -1.56. The maximum absolute atomic E-state index is 12.5. The second kappa shape index (κ2) is 7.99. The molecule has 0 spiro atoms. The van der Waals surface area contributed by atoms with Gasteiger partial charge < -0.3 is 9.80 Å². The lowest BCUT2D eigenvalue weighted by molar-refractivity contribution is 0.192. The smallest absolute Gasteiger partial charge is 0.322 e. The van der Waals surface area contributed by atoms with Gasteiger partial charge in [-0.1, -0.05) is 42.3 Å². The maximum Gasteiger partial charge on any atom is 0.344 e. The van der Waals surface area contributed by atoms with Gasteiger partial charge in [0.15, 0.2) is 0 Å². The zero-order valence-electron chi connectivity index (χ0n) is 15.2. The van der Waals surface area contributed by atoms with E-state index < -0.39 is 0 Å². The number of amides is 1. The molecule has 1 aliphatic heterocycles. The number of hydrogen-bond acceptors (Lipinski definition) is 3. The zero-order chi connectivity index (χ0) is 18.7. The molecule has 7 heteroatoms. The van der Waals surface area contributed by atoms with E-state index in [2.05, 4.69) is 30.0 Å². The molecule has 0 N–H and O–H groups in total. The summed E-state index contributed by atoms with van der Waals surface area (Å²) < 4.78 is 1.32. The number of nitrogens with zero attached hydrogens (tertiary/aromatic N) is 4. The van der Waals surface area contributed by atoms with Crippen molar-refractivity contribution in [3.05, 3.63) is 52.3 Å². The highest BCUT2D eigenvalue weighted by molar-refractivity contribution is 6.30. The van der Waals surface area contributed by atoms with Crippen molar-refractivity contribution >= 4 is 29.2 Å². The van der Waals surface area contributed by atoms with Crippen molar-refractivity contribution in [3.8, 4) is 0 Å². The molecule has 1 saturated heterocycles. The topological polar surface area (TPSA) is 41.4 Å². The van der Waals surface area contributed by atoms with E-state index in [1.54, 1.807) is 6.20 Å². The van der Waals surface area contributed by atoms with Crippen LogP contribution >= 0.6 is 23.2 Å². The van der Waals surface area contributed by atoms with E-state index in [4.69, 9.17) is 23.2 Å². The van der Waals surface area contributed by atoms with Crippen molar-refractivity contribution in [2.75, 3.05) is 26.7 Å². The van der Waals surface area contributed by atoms with Crippen LogP contribution in [-0.4, -0.2) is 52.3 Å². The van der Waals surface area contributed by atoms with E-state index in [1.165, 1.54) is 16.4 Å². The minimum absolute atomic E-state index is 0.104. The van der Waals surface area contributed by atoms with Gasteiger partial charge in [-0.25, -0.2) is 4.79 Å². The Labute approximate surface area is 164 Å². The molecule has 5 nitrogen and oxygen atoms in total. The average molecular weight is 395 g/mol. The maximum atomic E-state index is 12.5. The molecule has 1 fully saturated rings. The summed E-state index contributed by atoms with van der Waals surface area (Å²) in [5, 5.41) is 5.26. The predicted octanol–water partition coefficient (Wildman–Crippen LogP) is 4.39. The number of likely N-dealkylation sites (tertiary alicyclic amines) is 1. The molecule has 3 rings (SSSR count). The lowest BCUT2D eigenvalue weighted by Gasteiger charge is -2.27. The highest BCUT2D eigenvalue weighted by atomic mass is 35.5. The van der Waals surface area contributed by atoms with Crippen LogP contribution in [0.1, 0.15) is 25.3 Å². The molecule has 2 aromatic rings. The van der Waals surface area contributed by atoms with Crippen LogP contribution in [0, 0.1) is 5.41 Å². The number of hydrogen-bond donors (Lipinski definition) is 0. The molecule has 0 aliphatic carbocycles. The van der Waals surface area contributed by atoms with E-state index in [-0.39, 0.29) is 11.4 Å². The van der Waals surface area contributed by atoms with E-state index >= 15 is 0 Å². The molecule has 0 bridgehead atoms. The molecule has 2 heterocycles. The molecule has 0 radical (unpaired) electrons. The molecule has 1 aromatic carbocycles. The molecule has 26 heavy (non-hydrogen) atoms. The molecular weight excluding hydrogens is 371 g/mol. The quantitative estimate of drug-likeness (QED) is 0.754. The molecule has 140 valence electrons. The summed E-state index contributed by atoms with van der Waals surface area (Å²) in [7, 11) is 2.12. The highest BCUT2D eigenvalue weighted by Crippen LogP contribution is 2.34. The van der Waals surface area contributed by atoms with Gasteiger partial charge in [-0.15, -0.1) is 0 Å². The van der Waals surface area contributed by atoms with Gasteiger partial charge in [-0.3, -0.25) is 0 Å². The van der Waals surface area contributed by atoms with E-state index in [9.17, 15) is 4.79 Å². The van der Waals surface area contributed by atoms with Gasteiger partial charge in [-0.05, 0) is 49.5 Å². The fraction of sp³-hybridized carbons (Fsp3) is 0.474. The first kappa shape index (κ1) is 19.2. The van der Waals surface area contributed by atoms with Crippen LogP contribution in [0.2, 0.25) is 10.0 Å². The third kappa shape index (κ3) is 4.78. The lowest BCUT2D eigenvalue weighted by Crippen LogP contribution is -2.35. The summed E-state index contributed by atoms with van der Waals surface area (Å²) in [6.45, 7) is 5.59. The summed E-state index contributed by atoms with van der Waals surface area (Å²) >= 11 is 11.9. The Morgan fingerprint density at radius 3 is 2.85 bits per heavy atom. The van der Waals surface area contributed by atoms with E-state index in [0.29, 0.717) is 5.02 Å². The third-order valence-corrected chi connectivity index (χ3v) is 5.44. The second-order valence-electron chi connectivity index (χ2n) is 7.49. The van der Waals surface area contributed by atoms with Gasteiger partial charge in [0.05, 0.1) is 17.4 Å². The molecule has 1 unspecified atom stereocenters. The van der Waals surface area contributed by atoms with Crippen molar-refractivity contribution < 1.29 is 4.79 Å². The lowest BCUT2D eigenvalue weighted by atomic mass is 9.86. The van der Waals surface area contributed by atoms with Crippen LogP contribution in [0.5, 0.6) is 0 Å². The normalized spacial score (nSPS) is 20.1. The van der Waals surface area contributed by atoms with Crippen molar-refractivity contribution in [3.63, 3.8) is 0 Å². The molecule has 0 saturated carbocycles. The summed E-state index contributed by atoms with van der Waals surface area (Å²) in [5.41, 5.74) is 1.33. The number of benzene rings is 1. The number of aromatic nitrogens is 2. The molecule has 1 aliphatic rings. The van der Waals surface area contributed by atoms with Crippen LogP contribution in [0.25, 0.3) is 0 Å². The van der Waals surface area contributed by atoms with Crippen LogP contribution in [0.3, 0.4) is 0 Å². The average Bonchev–Trinajstić information content (AvgIpc) is 3.19. The number of rotatable bonds is 5. The SMILES string of the molecule is CN(CCC1(C)CCN(C(=O)n2cc(Cl)cn2)C1)Cc1cccc(Cl)c1. The monoisotopic (exact) mass is 394 g/mol. The Balaban J connectivity index is 1.51. The first-order chi connectivity index (χ1) is 12.3. The van der Waals surface area contributed by atoms with E-state index in [0.717, 1.165) is 44.0 Å². The van der Waals surface area contributed by atoms with Crippen molar-refractivity contribution in [1.82, 2.24) is 19.6 Å². The Kier molecular flexibility index (Phi) is 5.90. The Bertz CT molecular complexity index is 778. The van der Waals surface area contributed by atoms with Crippen molar-refractivity contribution in [1.29, 1.82) is 0 Å². The number of carbonyl (C=O) groups excluding carboxylic acids is 1. The van der Waals surface area contributed by atoms with E-state index in [1.807, 2.05) is 23.1 Å². The molecule has 1 atom stereocenters. The van der Waals surface area contributed by atoms with Crippen LogP contribution in [0.15, 0.2) is 36.7 Å². The van der Waals surface area contributed by atoms with Crippen LogP contribution in [-0.2, 0) is 6.54 Å². The van der Waals surface area contributed by atoms with Gasteiger partial charge in [0, 0.05) is 24.7 Å². The third-order valence-electron chi connectivity index (χ3n) is 5.01. The van der Waals surface area contributed by atoms with Gasteiger partial charge >= 0.3 is 6.03 Å². The summed E-state index contributed by atoms with van der Waals surface area (Å²) in [6, 6.07) is 7.87. The highest BCUT2D eigenvalue weighted by Gasteiger charge is 2.36. The zero-order valence-corrected chi connectivity index (χ0v) is 16.7. The molecule has 1 amide bonds. The Morgan fingerprint density at radius 2 is 2.15 bits per heavy atom. The minimum atomic E-state index is -0.104. The summed E-state index contributed by atoms with van der Waals surface area (Å²) in [6.07, 6.45) is 5.07. The first-order valence-electron chi connectivity index (χ1n) is 8.77. The minimum Gasteiger partial charge on any atom is -0.322 e. The van der Waals surface area contributed by atoms with Crippen LogP contribution in [0.4, 0.5) is 4.79 Å². The Morgan fingerprint density at radius 1 is 1.35 bits per heavy atom. The van der Waals surface area contributed by atoms with Crippen molar-refractivity contribution in [2.45, 2.75) is 26.3 Å². The fourth-order valence-electron chi connectivity index (χ4n) is 3.43. The van der Waals surface area contributed by atoms with Crippen LogP contribution < -0.4 is 0 Å². The fourth-order valence-corrected chi connectivity index (χ4v) is 3.78. The van der Waals surface area contributed by atoms with Gasteiger partial charge in [-0.2, -0.15) is 9.78 Å². The van der Waals surface area contributed by atoms with Gasteiger partial charge in [0.2, 0.25) is 0 Å². The largest absolute Gasteiger partial charge is 0.344 e. The van der Waals surface area contributed by atoms with Gasteiger partial charge in [0.1, 0.15) is 0 Å². The van der Waals surface area contributed by atoms with Gasteiger partial charge in [0.25, 0.3) is 0 Å². The summed E-state index contributed by atoms with van der Waals surface area (Å²) in [5.74, 6) is 0. The van der Waals surface area contributed by atoms with Crippen molar-refractivity contribution in [2.24, 2.45) is 5.41 Å².